The summed E-state index contributed by atoms with van der Waals surface area (Å²) in [6.45, 7) is 1.01. The van der Waals surface area contributed by atoms with Crippen molar-refractivity contribution in [2.45, 2.75) is 37.5 Å². The Morgan fingerprint density at radius 2 is 2.07 bits per heavy atom. The predicted octanol–water partition coefficient (Wildman–Crippen LogP) is 2.70. The molecule has 0 radical (unpaired) electrons. The van der Waals surface area contributed by atoms with E-state index in [0.29, 0.717) is 13.1 Å². The number of carbonyl (C=O) groups is 1. The molecular weight excluding hydrogens is 392 g/mol. The number of alkyl halides is 1. The minimum atomic E-state index is -1.45. The van der Waals surface area contributed by atoms with Crippen LogP contribution in [0.1, 0.15) is 35.7 Å². The maximum Gasteiger partial charge on any atom is 0.341 e. The molecule has 1 aromatic heterocycles. The molecule has 0 amide bonds. The normalized spacial score (nSPS) is 27.6. The topological polar surface area (TPSA) is 88.6 Å². The number of rotatable bonds is 3. The second-order valence-electron chi connectivity index (χ2n) is 8.17. The largest absolute Gasteiger partial charge is 0.477 e. The number of anilines is 1. The van der Waals surface area contributed by atoms with Gasteiger partial charge in [0.25, 0.3) is 0 Å². The molecule has 1 aliphatic heterocycles. The quantitative estimate of drug-likeness (QED) is 0.813. The highest BCUT2D eigenvalue weighted by atomic mass is 35.5. The Morgan fingerprint density at radius 3 is 2.61 bits per heavy atom. The molecule has 5 rings (SSSR count). The van der Waals surface area contributed by atoms with Crippen LogP contribution in [-0.4, -0.2) is 40.9 Å². The first-order valence-electron chi connectivity index (χ1n) is 9.18. The lowest BCUT2D eigenvalue weighted by Crippen LogP contribution is -2.30. The van der Waals surface area contributed by atoms with Gasteiger partial charge >= 0.3 is 5.97 Å². The molecule has 9 heteroatoms. The number of carboxylic acid groups (broad SMARTS) is 1. The summed E-state index contributed by atoms with van der Waals surface area (Å²) in [4.78, 5) is 25.8. The summed E-state index contributed by atoms with van der Waals surface area (Å²) in [7, 11) is 0. The van der Waals surface area contributed by atoms with Crippen LogP contribution in [0, 0.1) is 11.2 Å². The number of benzene rings is 1. The Morgan fingerprint density at radius 1 is 1.39 bits per heavy atom. The molecule has 3 atom stereocenters. The molecule has 2 aromatic rings. The van der Waals surface area contributed by atoms with E-state index in [4.69, 9.17) is 17.3 Å². The highest BCUT2D eigenvalue weighted by molar-refractivity contribution is 6.38. The van der Waals surface area contributed by atoms with Gasteiger partial charge in [0.15, 0.2) is 0 Å². The molecule has 6 nitrogen and oxygen atoms in total. The van der Waals surface area contributed by atoms with Gasteiger partial charge in [0.1, 0.15) is 17.6 Å². The molecule has 3 fully saturated rings. The van der Waals surface area contributed by atoms with Gasteiger partial charge in [-0.05, 0) is 18.9 Å². The fraction of sp³-hybridized carbons (Fsp3) is 0.474. The number of nitrogens with two attached hydrogens (primary N) is 1. The number of hydrogen-bond donors (Lipinski definition) is 2. The van der Waals surface area contributed by atoms with Crippen molar-refractivity contribution >= 4 is 34.2 Å². The lowest BCUT2D eigenvalue weighted by molar-refractivity contribution is 0.0694. The van der Waals surface area contributed by atoms with Crippen molar-refractivity contribution in [1.29, 1.82) is 0 Å². The van der Waals surface area contributed by atoms with Crippen molar-refractivity contribution in [2.24, 2.45) is 11.1 Å². The van der Waals surface area contributed by atoms with Crippen LogP contribution in [0.3, 0.4) is 0 Å². The summed E-state index contributed by atoms with van der Waals surface area (Å²) in [6, 6.07) is 0.308. The molecule has 28 heavy (non-hydrogen) atoms. The van der Waals surface area contributed by atoms with Gasteiger partial charge in [-0.2, -0.15) is 0 Å². The maximum atomic E-state index is 15.0. The van der Waals surface area contributed by atoms with Crippen LogP contribution in [0.2, 0.25) is 5.02 Å². The van der Waals surface area contributed by atoms with Crippen LogP contribution >= 0.6 is 11.6 Å². The second-order valence-corrected chi connectivity index (χ2v) is 8.55. The van der Waals surface area contributed by atoms with Crippen molar-refractivity contribution in [3.05, 3.63) is 38.9 Å². The van der Waals surface area contributed by atoms with E-state index in [9.17, 15) is 19.1 Å². The fourth-order valence-corrected chi connectivity index (χ4v) is 4.84. The Balaban J connectivity index is 1.75. The smallest absolute Gasteiger partial charge is 0.341 e. The van der Waals surface area contributed by atoms with Gasteiger partial charge in [0.2, 0.25) is 5.43 Å². The molecular formula is C19H18ClF2N3O3. The Kier molecular flexibility index (Phi) is 3.62. The first-order chi connectivity index (χ1) is 13.2. The second kappa shape index (κ2) is 5.67. The predicted molar refractivity (Wildman–Crippen MR) is 101 cm³/mol. The lowest BCUT2D eigenvalue weighted by Gasteiger charge is -2.23. The number of nitrogens with zero attached hydrogens (tertiary/aromatic N) is 2. The van der Waals surface area contributed by atoms with E-state index in [1.807, 2.05) is 0 Å². The summed E-state index contributed by atoms with van der Waals surface area (Å²) < 4.78 is 30.2. The number of hydrogen-bond acceptors (Lipinski definition) is 4. The zero-order chi connectivity index (χ0) is 20.0. The minimum Gasteiger partial charge on any atom is -0.477 e. The number of aromatic nitrogens is 1. The van der Waals surface area contributed by atoms with E-state index in [0.717, 1.165) is 25.1 Å². The number of halogens is 3. The van der Waals surface area contributed by atoms with E-state index < -0.39 is 35.0 Å². The zero-order valence-corrected chi connectivity index (χ0v) is 15.5. The molecule has 0 bridgehead atoms. The third-order valence-corrected chi connectivity index (χ3v) is 6.73. The van der Waals surface area contributed by atoms with Gasteiger partial charge < -0.3 is 20.3 Å². The van der Waals surface area contributed by atoms with Gasteiger partial charge in [0.05, 0.1) is 27.7 Å². The lowest BCUT2D eigenvalue weighted by atomic mass is 10.0. The first-order valence-corrected chi connectivity index (χ1v) is 9.56. The van der Waals surface area contributed by atoms with E-state index >= 15 is 4.39 Å². The van der Waals surface area contributed by atoms with Crippen molar-refractivity contribution in [3.8, 4) is 0 Å². The molecule has 1 aromatic carbocycles. The van der Waals surface area contributed by atoms with Crippen molar-refractivity contribution in [3.63, 3.8) is 0 Å². The minimum absolute atomic E-state index is 0.00645. The van der Waals surface area contributed by atoms with Crippen molar-refractivity contribution < 1.29 is 18.7 Å². The molecule has 148 valence electrons. The summed E-state index contributed by atoms with van der Waals surface area (Å²) >= 11 is 6.56. The molecule has 0 unspecified atom stereocenters. The summed E-state index contributed by atoms with van der Waals surface area (Å²) in [5.74, 6) is -2.15. The zero-order valence-electron chi connectivity index (χ0n) is 14.8. The van der Waals surface area contributed by atoms with Gasteiger partial charge in [-0.15, -0.1) is 0 Å². The van der Waals surface area contributed by atoms with Gasteiger partial charge in [-0.1, -0.05) is 11.6 Å². The summed E-state index contributed by atoms with van der Waals surface area (Å²) in [6.07, 6.45) is 2.11. The van der Waals surface area contributed by atoms with E-state index in [-0.39, 0.29) is 39.5 Å². The van der Waals surface area contributed by atoms with E-state index in [1.165, 1.54) is 4.57 Å². The maximum absolute atomic E-state index is 15.0. The van der Waals surface area contributed by atoms with Crippen LogP contribution in [0.5, 0.6) is 0 Å². The molecule has 3 aliphatic rings. The Hall–Kier alpha value is -2.19. The fourth-order valence-electron chi connectivity index (χ4n) is 4.43. The van der Waals surface area contributed by atoms with Gasteiger partial charge in [-0.3, -0.25) is 4.79 Å². The SMILES string of the molecule is N[C@@H]1CN(c2c(F)cc3c(=O)c(C(=O)O)cn([C@@H]4C[C@@H]4F)c3c2Cl)CC12CC2. The van der Waals surface area contributed by atoms with Gasteiger partial charge in [0, 0.05) is 37.2 Å². The average Bonchev–Trinajstić information content (AvgIpc) is 3.51. The van der Waals surface area contributed by atoms with Crippen molar-refractivity contribution in [1.82, 2.24) is 4.57 Å². The van der Waals surface area contributed by atoms with Crippen molar-refractivity contribution in [2.75, 3.05) is 18.0 Å². The summed E-state index contributed by atoms with van der Waals surface area (Å²) in [5, 5.41) is 9.16. The average molecular weight is 410 g/mol. The Bertz CT molecular complexity index is 1100. The van der Waals surface area contributed by atoms with Crippen LogP contribution in [0.25, 0.3) is 10.9 Å². The van der Waals surface area contributed by atoms with E-state index in [1.54, 1.807) is 4.90 Å². The van der Waals surface area contributed by atoms with Crippen LogP contribution in [0.4, 0.5) is 14.5 Å². The third-order valence-electron chi connectivity index (χ3n) is 6.37. The molecule has 2 heterocycles. The molecule has 2 aliphatic carbocycles. The van der Waals surface area contributed by atoms with Crippen LogP contribution in [-0.2, 0) is 0 Å². The number of aromatic carboxylic acids is 1. The number of pyridine rings is 1. The van der Waals surface area contributed by atoms with Gasteiger partial charge in [-0.25, -0.2) is 13.6 Å². The monoisotopic (exact) mass is 409 g/mol. The molecule has 2 saturated carbocycles. The first kappa shape index (κ1) is 17.9. The number of carboxylic acids is 1. The molecule has 1 saturated heterocycles. The molecule has 1 spiro atoms. The third kappa shape index (κ3) is 2.40. The standard InChI is InChI=1S/C19H18ClF2N3O3/c20-14-15-8(17(26)9(18(27)28)5-25(15)12-4-10(12)21)3-11(22)16(14)24-6-13(23)19(7-24)1-2-19/h3,5,10,12-13H,1-2,4,6-7,23H2,(H,27,28)/t10-,12+,13+/m0/s1. The summed E-state index contributed by atoms with van der Waals surface area (Å²) in [5.41, 5.74) is 5.15. The number of fused-ring (bicyclic) bond motifs is 1. The van der Waals surface area contributed by atoms with Crippen LogP contribution < -0.4 is 16.1 Å². The Labute approximate surface area is 163 Å². The van der Waals surface area contributed by atoms with Crippen LogP contribution in [0.15, 0.2) is 17.1 Å². The highest BCUT2D eigenvalue weighted by Gasteiger charge is 2.54. The molecule has 3 N–H and O–H groups in total. The van der Waals surface area contributed by atoms with E-state index in [2.05, 4.69) is 0 Å². The highest BCUT2D eigenvalue weighted by Crippen LogP contribution is 2.54.